The monoisotopic (exact) mass is 226 g/mol. The first-order valence-corrected chi connectivity index (χ1v) is 6.04. The van der Waals surface area contributed by atoms with Crippen LogP contribution in [0.3, 0.4) is 0 Å². The molecule has 1 aromatic rings. The molecule has 1 aromatic carbocycles. The first-order valence-electron chi connectivity index (χ1n) is 6.04. The predicted octanol–water partition coefficient (Wildman–Crippen LogP) is 4.03. The SMILES string of the molecule is C/C=C\C(=N)C1=Nc2ccc(C(C)C)cc2C1. The van der Waals surface area contributed by atoms with Crippen LogP contribution in [0.1, 0.15) is 37.8 Å². The summed E-state index contributed by atoms with van der Waals surface area (Å²) in [5.41, 5.74) is 5.02. The molecule has 1 N–H and O–H groups in total. The molecule has 2 rings (SSSR count). The van der Waals surface area contributed by atoms with Gasteiger partial charge in [0.05, 0.1) is 17.1 Å². The fraction of sp³-hybridized carbons (Fsp3) is 0.333. The van der Waals surface area contributed by atoms with Gasteiger partial charge in [-0.05, 0) is 36.1 Å². The Morgan fingerprint density at radius 2 is 2.18 bits per heavy atom. The summed E-state index contributed by atoms with van der Waals surface area (Å²) in [7, 11) is 0. The van der Waals surface area contributed by atoms with E-state index < -0.39 is 0 Å². The first-order chi connectivity index (χ1) is 8.11. The van der Waals surface area contributed by atoms with Gasteiger partial charge in [-0.15, -0.1) is 0 Å². The molecule has 0 amide bonds. The Bertz CT molecular complexity index is 508. The van der Waals surface area contributed by atoms with Crippen LogP contribution < -0.4 is 0 Å². The maximum atomic E-state index is 7.88. The average molecular weight is 226 g/mol. The van der Waals surface area contributed by atoms with E-state index >= 15 is 0 Å². The van der Waals surface area contributed by atoms with E-state index in [0.717, 1.165) is 17.8 Å². The fourth-order valence-electron chi connectivity index (χ4n) is 2.00. The molecule has 0 spiro atoms. The maximum Gasteiger partial charge on any atom is 0.0755 e. The van der Waals surface area contributed by atoms with Crippen LogP contribution in [0, 0.1) is 5.41 Å². The molecule has 0 atom stereocenters. The van der Waals surface area contributed by atoms with E-state index in [-0.39, 0.29) is 0 Å². The standard InChI is InChI=1S/C15H18N2/c1-4-5-13(16)15-9-12-8-11(10(2)3)6-7-14(12)17-15/h4-8,10,16H,9H2,1-3H3/b5-4-,16-13?. The highest BCUT2D eigenvalue weighted by atomic mass is 14.8. The Balaban J connectivity index is 2.26. The highest BCUT2D eigenvalue weighted by molar-refractivity contribution is 6.46. The summed E-state index contributed by atoms with van der Waals surface area (Å²) < 4.78 is 0. The fourth-order valence-corrected chi connectivity index (χ4v) is 2.00. The van der Waals surface area contributed by atoms with E-state index in [1.165, 1.54) is 11.1 Å². The third kappa shape index (κ3) is 2.36. The third-order valence-corrected chi connectivity index (χ3v) is 3.03. The van der Waals surface area contributed by atoms with Crippen LogP contribution in [-0.4, -0.2) is 11.4 Å². The van der Waals surface area contributed by atoms with Gasteiger partial charge >= 0.3 is 0 Å². The minimum atomic E-state index is 0.523. The van der Waals surface area contributed by atoms with Crippen molar-refractivity contribution in [2.75, 3.05) is 0 Å². The topological polar surface area (TPSA) is 36.2 Å². The van der Waals surface area contributed by atoms with E-state index in [1.54, 1.807) is 6.08 Å². The summed E-state index contributed by atoms with van der Waals surface area (Å²) in [5, 5.41) is 7.88. The number of allylic oxidation sites excluding steroid dienone is 2. The molecule has 0 aliphatic carbocycles. The predicted molar refractivity (Wildman–Crippen MR) is 73.9 cm³/mol. The number of aliphatic imine (C=N–C) groups is 1. The minimum Gasteiger partial charge on any atom is -0.299 e. The second-order valence-electron chi connectivity index (χ2n) is 4.69. The zero-order valence-corrected chi connectivity index (χ0v) is 10.6. The lowest BCUT2D eigenvalue weighted by Gasteiger charge is -2.06. The number of hydrogen-bond donors (Lipinski definition) is 1. The molecule has 0 radical (unpaired) electrons. The van der Waals surface area contributed by atoms with Crippen molar-refractivity contribution in [1.82, 2.24) is 0 Å². The average Bonchev–Trinajstić information content (AvgIpc) is 2.71. The van der Waals surface area contributed by atoms with Gasteiger partial charge < -0.3 is 0 Å². The molecule has 0 saturated carbocycles. The van der Waals surface area contributed by atoms with Crippen molar-refractivity contribution < 1.29 is 0 Å². The van der Waals surface area contributed by atoms with Crippen molar-refractivity contribution in [3.63, 3.8) is 0 Å². The van der Waals surface area contributed by atoms with Crippen molar-refractivity contribution in [3.8, 4) is 0 Å². The number of nitrogens with one attached hydrogen (secondary N) is 1. The van der Waals surface area contributed by atoms with Gasteiger partial charge in [0.25, 0.3) is 0 Å². The zero-order valence-electron chi connectivity index (χ0n) is 10.6. The van der Waals surface area contributed by atoms with Crippen molar-refractivity contribution in [3.05, 3.63) is 41.5 Å². The highest BCUT2D eigenvalue weighted by Gasteiger charge is 2.17. The highest BCUT2D eigenvalue weighted by Crippen LogP contribution is 2.30. The number of benzene rings is 1. The Morgan fingerprint density at radius 3 is 2.82 bits per heavy atom. The van der Waals surface area contributed by atoms with E-state index in [0.29, 0.717) is 11.6 Å². The normalized spacial score (nSPS) is 14.2. The van der Waals surface area contributed by atoms with Gasteiger partial charge in [0.1, 0.15) is 0 Å². The van der Waals surface area contributed by atoms with Crippen molar-refractivity contribution in [1.29, 1.82) is 5.41 Å². The molecule has 0 aromatic heterocycles. The minimum absolute atomic E-state index is 0.523. The van der Waals surface area contributed by atoms with Gasteiger partial charge in [-0.1, -0.05) is 32.1 Å². The summed E-state index contributed by atoms with van der Waals surface area (Å²) in [5.74, 6) is 0.541. The Morgan fingerprint density at radius 1 is 1.41 bits per heavy atom. The lowest BCUT2D eigenvalue weighted by molar-refractivity contribution is 0.865. The molecule has 0 saturated heterocycles. The summed E-state index contributed by atoms with van der Waals surface area (Å²) in [6.45, 7) is 6.31. The Hall–Kier alpha value is -1.70. The smallest absolute Gasteiger partial charge is 0.0755 e. The molecule has 0 unspecified atom stereocenters. The Kier molecular flexibility index (Phi) is 3.23. The van der Waals surface area contributed by atoms with Crippen LogP contribution in [0.15, 0.2) is 35.3 Å². The van der Waals surface area contributed by atoms with E-state index in [9.17, 15) is 0 Å². The lowest BCUT2D eigenvalue weighted by atomic mass is 9.98. The van der Waals surface area contributed by atoms with Crippen LogP contribution in [0.4, 0.5) is 5.69 Å². The van der Waals surface area contributed by atoms with E-state index in [1.807, 2.05) is 13.0 Å². The molecule has 2 heteroatoms. The molecule has 2 nitrogen and oxygen atoms in total. The molecule has 0 fully saturated rings. The van der Waals surface area contributed by atoms with Crippen molar-refractivity contribution in [2.24, 2.45) is 4.99 Å². The third-order valence-electron chi connectivity index (χ3n) is 3.03. The molecule has 88 valence electrons. The van der Waals surface area contributed by atoms with Crippen LogP contribution in [0.5, 0.6) is 0 Å². The number of hydrogen-bond acceptors (Lipinski definition) is 2. The van der Waals surface area contributed by atoms with E-state index in [4.69, 9.17) is 5.41 Å². The van der Waals surface area contributed by atoms with Crippen molar-refractivity contribution in [2.45, 2.75) is 33.1 Å². The summed E-state index contributed by atoms with van der Waals surface area (Å²) in [6.07, 6.45) is 4.47. The molecule has 1 heterocycles. The summed E-state index contributed by atoms with van der Waals surface area (Å²) >= 11 is 0. The van der Waals surface area contributed by atoms with E-state index in [2.05, 4.69) is 37.0 Å². The molecule has 17 heavy (non-hydrogen) atoms. The molecule has 0 bridgehead atoms. The van der Waals surface area contributed by atoms with Crippen LogP contribution in [-0.2, 0) is 6.42 Å². The van der Waals surface area contributed by atoms with Gasteiger partial charge in [-0.3, -0.25) is 10.4 Å². The van der Waals surface area contributed by atoms with Crippen LogP contribution >= 0.6 is 0 Å². The van der Waals surface area contributed by atoms with Crippen LogP contribution in [0.25, 0.3) is 0 Å². The largest absolute Gasteiger partial charge is 0.299 e. The first kappa shape index (κ1) is 11.8. The van der Waals surface area contributed by atoms with Gasteiger partial charge in [-0.2, -0.15) is 0 Å². The maximum absolute atomic E-state index is 7.88. The molecule has 1 aliphatic heterocycles. The molecular weight excluding hydrogens is 208 g/mol. The second kappa shape index (κ2) is 4.66. The van der Waals surface area contributed by atoms with Gasteiger partial charge in [0.2, 0.25) is 0 Å². The van der Waals surface area contributed by atoms with Crippen molar-refractivity contribution >= 4 is 17.1 Å². The number of rotatable bonds is 3. The van der Waals surface area contributed by atoms with Gasteiger partial charge in [-0.25, -0.2) is 0 Å². The zero-order chi connectivity index (χ0) is 12.4. The van der Waals surface area contributed by atoms with Gasteiger partial charge in [0.15, 0.2) is 0 Å². The number of nitrogens with zero attached hydrogens (tertiary/aromatic N) is 1. The molecular formula is C15H18N2. The quantitative estimate of drug-likeness (QED) is 0.755. The van der Waals surface area contributed by atoms with Gasteiger partial charge in [0, 0.05) is 6.42 Å². The summed E-state index contributed by atoms with van der Waals surface area (Å²) in [4.78, 5) is 4.51. The molecule has 1 aliphatic rings. The van der Waals surface area contributed by atoms with Crippen LogP contribution in [0.2, 0.25) is 0 Å². The lowest BCUT2D eigenvalue weighted by Crippen LogP contribution is -2.09. The number of fused-ring (bicyclic) bond motifs is 1. The summed E-state index contributed by atoms with van der Waals surface area (Å²) in [6, 6.07) is 6.43. The second-order valence-corrected chi connectivity index (χ2v) is 4.69. The Labute approximate surface area is 103 Å².